The van der Waals surface area contributed by atoms with Crippen LogP contribution in [0.1, 0.15) is 0 Å². The van der Waals surface area contributed by atoms with Crippen molar-refractivity contribution in [1.82, 2.24) is 0 Å². The molecule has 1 N–H and O–H groups in total. The summed E-state index contributed by atoms with van der Waals surface area (Å²) in [6.07, 6.45) is -1.37. The number of ether oxygens (including phenoxy) is 3. The van der Waals surface area contributed by atoms with Gasteiger partial charge in [-0.05, 0) is 28.9 Å². The zero-order valence-corrected chi connectivity index (χ0v) is 14.7. The molecule has 0 unspecified atom stereocenters. The molecule has 0 radical (unpaired) electrons. The van der Waals surface area contributed by atoms with Gasteiger partial charge in [-0.3, -0.25) is 0 Å². The molecule has 6 heteroatoms. The van der Waals surface area contributed by atoms with E-state index in [9.17, 15) is 4.79 Å². The van der Waals surface area contributed by atoms with E-state index < -0.39 is 14.2 Å². The highest BCUT2D eigenvalue weighted by molar-refractivity contribution is 6.76. The molecule has 0 amide bonds. The third kappa shape index (κ3) is 5.58. The first-order chi connectivity index (χ1) is 10.8. The molecular weight excluding hydrogens is 312 g/mol. The number of carbonyl (C=O) groups is 1. The van der Waals surface area contributed by atoms with Crippen LogP contribution in [-0.2, 0) is 4.74 Å². The predicted molar refractivity (Wildman–Crippen MR) is 92.2 cm³/mol. The van der Waals surface area contributed by atoms with Gasteiger partial charge in [0.05, 0.1) is 0 Å². The van der Waals surface area contributed by atoms with Crippen molar-refractivity contribution < 1.29 is 24.1 Å². The van der Waals surface area contributed by atoms with Crippen LogP contribution in [0, 0.1) is 0 Å². The average molecular weight is 334 g/mol. The molecular formula is C17H22O5Si. The highest BCUT2D eigenvalue weighted by Crippen LogP contribution is 2.32. The van der Waals surface area contributed by atoms with E-state index in [1.54, 1.807) is 12.1 Å². The Kier molecular flexibility index (Phi) is 5.62. The van der Waals surface area contributed by atoms with Gasteiger partial charge in [0.15, 0.2) is 18.3 Å². The lowest BCUT2D eigenvalue weighted by atomic mass is 10.1. The van der Waals surface area contributed by atoms with Gasteiger partial charge in [0.2, 0.25) is 0 Å². The summed E-state index contributed by atoms with van der Waals surface area (Å²) in [5.41, 5.74) is 0. The molecule has 124 valence electrons. The van der Waals surface area contributed by atoms with E-state index in [0.717, 1.165) is 16.8 Å². The van der Waals surface area contributed by atoms with Crippen LogP contribution in [0.25, 0.3) is 10.8 Å². The van der Waals surface area contributed by atoms with Gasteiger partial charge in [0, 0.05) is 14.7 Å². The summed E-state index contributed by atoms with van der Waals surface area (Å²) in [6, 6.07) is 12.1. The molecule has 0 saturated heterocycles. The Balaban J connectivity index is 2.06. The predicted octanol–water partition coefficient (Wildman–Crippen LogP) is 4.59. The highest BCUT2D eigenvalue weighted by Gasteiger charge is 2.13. The molecule has 2 rings (SSSR count). The highest BCUT2D eigenvalue weighted by atomic mass is 28.3. The molecule has 0 saturated carbocycles. The SMILES string of the molecule is C[Si](C)(C)CCOCOc1cc2ccccc2cc1OC(=O)O. The molecule has 0 aliphatic rings. The largest absolute Gasteiger partial charge is 0.511 e. The molecule has 5 nitrogen and oxygen atoms in total. The lowest BCUT2D eigenvalue weighted by Gasteiger charge is -2.16. The summed E-state index contributed by atoms with van der Waals surface area (Å²) < 4.78 is 15.9. The standard InChI is InChI=1S/C17H22O5Si/c1-23(2,3)9-8-20-12-21-15-10-13-6-4-5-7-14(13)11-16(15)22-17(18)19/h4-7,10-11H,8-9,12H2,1-3H3,(H,18,19). The van der Waals surface area contributed by atoms with Crippen LogP contribution in [0.5, 0.6) is 11.5 Å². The van der Waals surface area contributed by atoms with Gasteiger partial charge in [-0.2, -0.15) is 0 Å². The molecule has 0 aliphatic heterocycles. The normalized spacial score (nSPS) is 11.4. The second kappa shape index (κ2) is 7.48. The summed E-state index contributed by atoms with van der Waals surface area (Å²) in [5, 5.41) is 10.7. The molecule has 2 aromatic rings. The molecule has 23 heavy (non-hydrogen) atoms. The fraction of sp³-hybridized carbons (Fsp3) is 0.353. The molecule has 0 atom stereocenters. The Morgan fingerprint density at radius 3 is 2.26 bits per heavy atom. The van der Waals surface area contributed by atoms with Crippen molar-refractivity contribution in [2.45, 2.75) is 25.7 Å². The van der Waals surface area contributed by atoms with E-state index in [2.05, 4.69) is 19.6 Å². The van der Waals surface area contributed by atoms with Crippen molar-refractivity contribution in [2.24, 2.45) is 0 Å². The first kappa shape index (κ1) is 17.3. The van der Waals surface area contributed by atoms with Crippen LogP contribution in [0.3, 0.4) is 0 Å². The zero-order chi connectivity index (χ0) is 16.9. The third-order valence-electron chi connectivity index (χ3n) is 3.30. The number of hydrogen-bond donors (Lipinski definition) is 1. The summed E-state index contributed by atoms with van der Waals surface area (Å²) in [4.78, 5) is 10.8. The number of carboxylic acid groups (broad SMARTS) is 1. The van der Waals surface area contributed by atoms with Crippen LogP contribution < -0.4 is 9.47 Å². The van der Waals surface area contributed by atoms with Crippen molar-refractivity contribution >= 4 is 25.0 Å². The van der Waals surface area contributed by atoms with E-state index in [1.165, 1.54) is 0 Å². The van der Waals surface area contributed by atoms with E-state index in [0.29, 0.717) is 12.4 Å². The first-order valence-electron chi connectivity index (χ1n) is 7.49. The first-order valence-corrected chi connectivity index (χ1v) is 11.2. The molecule has 0 aliphatic carbocycles. The number of fused-ring (bicyclic) bond motifs is 1. The summed E-state index contributed by atoms with van der Waals surface area (Å²) in [7, 11) is -1.14. The summed E-state index contributed by atoms with van der Waals surface area (Å²) in [6.45, 7) is 7.54. The second-order valence-corrected chi connectivity index (χ2v) is 12.1. The zero-order valence-electron chi connectivity index (χ0n) is 13.7. The van der Waals surface area contributed by atoms with Gasteiger partial charge in [-0.15, -0.1) is 0 Å². The van der Waals surface area contributed by atoms with Crippen LogP contribution in [0.4, 0.5) is 4.79 Å². The Labute approximate surface area is 136 Å². The lowest BCUT2D eigenvalue weighted by Crippen LogP contribution is -2.22. The van der Waals surface area contributed by atoms with E-state index in [1.807, 2.05) is 24.3 Å². The minimum atomic E-state index is -1.37. The minimum absolute atomic E-state index is 0.0683. The Morgan fingerprint density at radius 2 is 1.70 bits per heavy atom. The van der Waals surface area contributed by atoms with Gasteiger partial charge < -0.3 is 19.3 Å². The molecule has 0 bridgehead atoms. The van der Waals surface area contributed by atoms with Crippen molar-refractivity contribution in [1.29, 1.82) is 0 Å². The van der Waals surface area contributed by atoms with Crippen molar-refractivity contribution in [3.05, 3.63) is 36.4 Å². The third-order valence-corrected chi connectivity index (χ3v) is 5.01. The fourth-order valence-corrected chi connectivity index (χ4v) is 2.78. The van der Waals surface area contributed by atoms with Crippen LogP contribution >= 0.6 is 0 Å². The van der Waals surface area contributed by atoms with Crippen molar-refractivity contribution in [3.8, 4) is 11.5 Å². The monoisotopic (exact) mass is 334 g/mol. The Hall–Kier alpha value is -2.05. The van der Waals surface area contributed by atoms with Crippen molar-refractivity contribution in [3.63, 3.8) is 0 Å². The fourth-order valence-electron chi connectivity index (χ4n) is 2.03. The number of benzene rings is 2. The van der Waals surface area contributed by atoms with Gasteiger partial charge >= 0.3 is 6.16 Å². The molecule has 0 spiro atoms. The van der Waals surface area contributed by atoms with Crippen LogP contribution in [0.2, 0.25) is 25.7 Å². The molecule has 0 heterocycles. The van der Waals surface area contributed by atoms with Crippen LogP contribution in [0.15, 0.2) is 36.4 Å². The van der Waals surface area contributed by atoms with Crippen molar-refractivity contribution in [2.75, 3.05) is 13.4 Å². The van der Waals surface area contributed by atoms with Gasteiger partial charge in [0.25, 0.3) is 0 Å². The van der Waals surface area contributed by atoms with Gasteiger partial charge in [-0.25, -0.2) is 4.79 Å². The molecule has 0 aromatic heterocycles. The van der Waals surface area contributed by atoms with Gasteiger partial charge in [-0.1, -0.05) is 43.9 Å². The summed E-state index contributed by atoms with van der Waals surface area (Å²) in [5.74, 6) is 0.532. The smallest absolute Gasteiger partial charge is 0.464 e. The summed E-state index contributed by atoms with van der Waals surface area (Å²) >= 11 is 0. The quantitative estimate of drug-likeness (QED) is 0.264. The lowest BCUT2D eigenvalue weighted by molar-refractivity contribution is 0.0203. The maximum Gasteiger partial charge on any atom is 0.511 e. The van der Waals surface area contributed by atoms with E-state index in [-0.39, 0.29) is 12.5 Å². The maximum atomic E-state index is 10.8. The Morgan fingerprint density at radius 1 is 1.09 bits per heavy atom. The molecule has 0 fully saturated rings. The molecule has 2 aromatic carbocycles. The second-order valence-electron chi connectivity index (χ2n) is 6.50. The topological polar surface area (TPSA) is 65.0 Å². The minimum Gasteiger partial charge on any atom is -0.464 e. The number of rotatable bonds is 7. The van der Waals surface area contributed by atoms with E-state index >= 15 is 0 Å². The Bertz CT molecular complexity index is 678. The number of hydrogen-bond acceptors (Lipinski definition) is 4. The van der Waals surface area contributed by atoms with Crippen LogP contribution in [-0.4, -0.2) is 32.7 Å². The van der Waals surface area contributed by atoms with Gasteiger partial charge in [0.1, 0.15) is 0 Å². The van der Waals surface area contributed by atoms with E-state index in [4.69, 9.17) is 19.3 Å². The maximum absolute atomic E-state index is 10.8. The average Bonchev–Trinajstić information content (AvgIpc) is 2.45.